The van der Waals surface area contributed by atoms with Gasteiger partial charge in [-0.2, -0.15) is 0 Å². The third-order valence-corrected chi connectivity index (χ3v) is 4.39. The summed E-state index contributed by atoms with van der Waals surface area (Å²) in [7, 11) is 0. The Hall–Kier alpha value is -2.76. The van der Waals surface area contributed by atoms with E-state index >= 15 is 0 Å². The van der Waals surface area contributed by atoms with Crippen molar-refractivity contribution in [2.45, 2.75) is 38.8 Å². The molecule has 6 heteroatoms. The van der Waals surface area contributed by atoms with E-state index in [4.69, 9.17) is 4.42 Å². The summed E-state index contributed by atoms with van der Waals surface area (Å²) in [5.74, 6) is 0.419. The molecule has 134 valence electrons. The van der Waals surface area contributed by atoms with Crippen LogP contribution in [-0.4, -0.2) is 24.5 Å². The standard InChI is InChI=1S/C19H25N3O3/c1-14(19(2,3)15-8-5-4-6-9-15)22-17(23)13-21-18(24)20-12-16-10-7-11-25-16/h4-11,14H,12-13H2,1-3H3,(H,22,23)(H2,20,21,24). The maximum Gasteiger partial charge on any atom is 0.315 e. The summed E-state index contributed by atoms with van der Waals surface area (Å²) in [4.78, 5) is 23.8. The molecule has 0 radical (unpaired) electrons. The summed E-state index contributed by atoms with van der Waals surface area (Å²) < 4.78 is 5.12. The minimum atomic E-state index is -0.415. The van der Waals surface area contributed by atoms with Crippen LogP contribution in [-0.2, 0) is 16.8 Å². The fraction of sp³-hybridized carbons (Fsp3) is 0.368. The maximum absolute atomic E-state index is 12.1. The molecule has 1 aromatic heterocycles. The molecule has 0 aliphatic rings. The van der Waals surface area contributed by atoms with Crippen molar-refractivity contribution in [1.82, 2.24) is 16.0 Å². The Morgan fingerprint density at radius 3 is 2.44 bits per heavy atom. The zero-order valence-electron chi connectivity index (χ0n) is 14.8. The molecule has 1 atom stereocenters. The Kier molecular flexibility index (Phi) is 6.22. The summed E-state index contributed by atoms with van der Waals surface area (Å²) in [5, 5.41) is 8.11. The van der Waals surface area contributed by atoms with Gasteiger partial charge in [0.05, 0.1) is 19.4 Å². The minimum absolute atomic E-state index is 0.0841. The molecule has 0 aliphatic carbocycles. The van der Waals surface area contributed by atoms with Gasteiger partial charge in [-0.15, -0.1) is 0 Å². The van der Waals surface area contributed by atoms with Gasteiger partial charge in [-0.1, -0.05) is 44.2 Å². The third-order valence-electron chi connectivity index (χ3n) is 4.39. The first kappa shape index (κ1) is 18.6. The van der Waals surface area contributed by atoms with Crippen molar-refractivity contribution in [2.24, 2.45) is 0 Å². The van der Waals surface area contributed by atoms with E-state index in [9.17, 15) is 9.59 Å². The molecule has 1 heterocycles. The van der Waals surface area contributed by atoms with Gasteiger partial charge >= 0.3 is 6.03 Å². The second kappa shape index (κ2) is 8.37. The molecule has 1 aromatic carbocycles. The zero-order valence-corrected chi connectivity index (χ0v) is 14.8. The van der Waals surface area contributed by atoms with Gasteiger partial charge in [-0.3, -0.25) is 4.79 Å². The highest BCUT2D eigenvalue weighted by Gasteiger charge is 2.28. The fourth-order valence-electron chi connectivity index (χ4n) is 2.39. The molecule has 3 amide bonds. The van der Waals surface area contributed by atoms with E-state index in [1.54, 1.807) is 12.1 Å². The summed E-state index contributed by atoms with van der Waals surface area (Å²) in [6.07, 6.45) is 1.54. The van der Waals surface area contributed by atoms with Gasteiger partial charge in [-0.05, 0) is 24.6 Å². The van der Waals surface area contributed by atoms with Gasteiger partial charge in [-0.25, -0.2) is 4.79 Å². The van der Waals surface area contributed by atoms with Crippen LogP contribution in [0.4, 0.5) is 4.79 Å². The SMILES string of the molecule is CC(NC(=O)CNC(=O)NCc1ccco1)C(C)(C)c1ccccc1. The van der Waals surface area contributed by atoms with Crippen LogP contribution < -0.4 is 16.0 Å². The Balaban J connectivity index is 1.76. The van der Waals surface area contributed by atoms with Gasteiger partial charge in [0.2, 0.25) is 5.91 Å². The molecule has 6 nitrogen and oxygen atoms in total. The molecular formula is C19H25N3O3. The number of amides is 3. The van der Waals surface area contributed by atoms with Gasteiger partial charge in [0, 0.05) is 11.5 Å². The van der Waals surface area contributed by atoms with Crippen molar-refractivity contribution >= 4 is 11.9 Å². The van der Waals surface area contributed by atoms with E-state index in [2.05, 4.69) is 29.8 Å². The molecule has 1 unspecified atom stereocenters. The van der Waals surface area contributed by atoms with Crippen LogP contribution in [0.2, 0.25) is 0 Å². The first-order valence-corrected chi connectivity index (χ1v) is 8.28. The van der Waals surface area contributed by atoms with Crippen molar-refractivity contribution in [3.63, 3.8) is 0 Å². The highest BCUT2D eigenvalue weighted by atomic mass is 16.3. The van der Waals surface area contributed by atoms with E-state index in [1.807, 2.05) is 37.3 Å². The van der Waals surface area contributed by atoms with Crippen LogP contribution in [0.5, 0.6) is 0 Å². The highest BCUT2D eigenvalue weighted by Crippen LogP contribution is 2.26. The second-order valence-corrected chi connectivity index (χ2v) is 6.49. The molecule has 0 spiro atoms. The number of benzene rings is 1. The van der Waals surface area contributed by atoms with Crippen molar-refractivity contribution in [3.8, 4) is 0 Å². The van der Waals surface area contributed by atoms with Crippen LogP contribution >= 0.6 is 0 Å². The van der Waals surface area contributed by atoms with Crippen molar-refractivity contribution in [2.75, 3.05) is 6.54 Å². The van der Waals surface area contributed by atoms with Crippen molar-refractivity contribution in [3.05, 3.63) is 60.1 Å². The molecule has 2 rings (SSSR count). The Labute approximate surface area is 148 Å². The van der Waals surface area contributed by atoms with E-state index in [0.29, 0.717) is 5.76 Å². The lowest BCUT2D eigenvalue weighted by atomic mass is 9.78. The fourth-order valence-corrected chi connectivity index (χ4v) is 2.39. The first-order chi connectivity index (χ1) is 11.9. The topological polar surface area (TPSA) is 83.4 Å². The number of urea groups is 1. The maximum atomic E-state index is 12.1. The van der Waals surface area contributed by atoms with Crippen LogP contribution in [0, 0.1) is 0 Å². The summed E-state index contributed by atoms with van der Waals surface area (Å²) in [6.45, 7) is 6.31. The number of carbonyl (C=O) groups is 2. The van der Waals surface area contributed by atoms with Crippen LogP contribution in [0.25, 0.3) is 0 Å². The molecule has 25 heavy (non-hydrogen) atoms. The van der Waals surface area contributed by atoms with Gasteiger partial charge in [0.25, 0.3) is 0 Å². The molecule has 0 saturated heterocycles. The molecule has 3 N–H and O–H groups in total. The van der Waals surface area contributed by atoms with Gasteiger partial charge in [0.1, 0.15) is 5.76 Å². The average Bonchev–Trinajstić information content (AvgIpc) is 3.12. The van der Waals surface area contributed by atoms with E-state index in [-0.39, 0.29) is 30.5 Å². The summed E-state index contributed by atoms with van der Waals surface area (Å²) in [5.41, 5.74) is 0.922. The molecule has 0 aliphatic heterocycles. The Morgan fingerprint density at radius 1 is 1.08 bits per heavy atom. The monoisotopic (exact) mass is 343 g/mol. The molecule has 0 fully saturated rings. The lowest BCUT2D eigenvalue weighted by Crippen LogP contribution is -2.49. The van der Waals surface area contributed by atoms with Crippen LogP contribution in [0.15, 0.2) is 53.1 Å². The largest absolute Gasteiger partial charge is 0.467 e. The van der Waals surface area contributed by atoms with Crippen molar-refractivity contribution < 1.29 is 14.0 Å². The summed E-state index contributed by atoms with van der Waals surface area (Å²) >= 11 is 0. The van der Waals surface area contributed by atoms with E-state index in [1.165, 1.54) is 6.26 Å². The number of hydrogen-bond acceptors (Lipinski definition) is 3. The Morgan fingerprint density at radius 2 is 1.80 bits per heavy atom. The number of furan rings is 1. The van der Waals surface area contributed by atoms with Gasteiger partial charge in [0.15, 0.2) is 0 Å². The van der Waals surface area contributed by atoms with Crippen LogP contribution in [0.3, 0.4) is 0 Å². The highest BCUT2D eigenvalue weighted by molar-refractivity contribution is 5.84. The third kappa shape index (κ3) is 5.38. The molecule has 0 bridgehead atoms. The predicted molar refractivity (Wildman–Crippen MR) is 96.0 cm³/mol. The zero-order chi connectivity index (χ0) is 18.3. The van der Waals surface area contributed by atoms with Crippen LogP contribution in [0.1, 0.15) is 32.1 Å². The van der Waals surface area contributed by atoms with Crippen molar-refractivity contribution in [1.29, 1.82) is 0 Å². The van der Waals surface area contributed by atoms with E-state index < -0.39 is 6.03 Å². The normalized spacial score (nSPS) is 12.3. The average molecular weight is 343 g/mol. The predicted octanol–water partition coefficient (Wildman–Crippen LogP) is 2.56. The lowest BCUT2D eigenvalue weighted by molar-refractivity contribution is -0.121. The van der Waals surface area contributed by atoms with E-state index in [0.717, 1.165) is 5.56 Å². The second-order valence-electron chi connectivity index (χ2n) is 6.49. The molecule has 0 saturated carbocycles. The smallest absolute Gasteiger partial charge is 0.315 e. The number of rotatable bonds is 7. The summed E-state index contributed by atoms with van der Waals surface area (Å²) in [6, 6.07) is 13.0. The number of hydrogen-bond donors (Lipinski definition) is 3. The molecular weight excluding hydrogens is 318 g/mol. The van der Waals surface area contributed by atoms with Gasteiger partial charge < -0.3 is 20.4 Å². The first-order valence-electron chi connectivity index (χ1n) is 8.28. The minimum Gasteiger partial charge on any atom is -0.467 e. The number of carbonyl (C=O) groups excluding carboxylic acids is 2. The Bertz CT molecular complexity index is 681. The quantitative estimate of drug-likeness (QED) is 0.722. The number of nitrogens with one attached hydrogen (secondary N) is 3. The lowest BCUT2D eigenvalue weighted by Gasteiger charge is -2.33. The molecule has 2 aromatic rings.